The normalized spacial score (nSPS) is 14.0. The van der Waals surface area contributed by atoms with Crippen molar-refractivity contribution in [2.24, 2.45) is 33.8 Å². The van der Waals surface area contributed by atoms with E-state index in [2.05, 4.69) is 30.9 Å². The van der Waals surface area contributed by atoms with Crippen LogP contribution in [0.25, 0.3) is 0 Å². The van der Waals surface area contributed by atoms with E-state index < -0.39 is 60.2 Å². The zero-order valence-electron chi connectivity index (χ0n) is 21.5. The van der Waals surface area contributed by atoms with E-state index in [1.165, 1.54) is 12.5 Å². The predicted octanol–water partition coefficient (Wildman–Crippen LogP) is -3.21. The highest BCUT2D eigenvalue weighted by molar-refractivity contribution is 5.96. The number of nitrogens with zero attached hydrogens (tertiary/aromatic N) is 2. The standard InChI is InChI=1S/C22H38N10O6/c1-11(2)6-13(23)18(34)31-16(8-17(24)33)20(36)32-15(7-12-9-27-10-29-12)19(35)30-14(21(37)38)4-3-5-28-22(25)26/h9-11,13-16H,3-8,23H2,1-2H3,(H2,24,33)(H,27,29)(H,30,35)(H,31,34)(H,32,36)(H,37,38)(H4,25,26,28). The minimum atomic E-state index is -1.41. The number of amides is 4. The van der Waals surface area contributed by atoms with Crippen LogP contribution in [0.1, 0.15) is 45.2 Å². The Bertz CT molecular complexity index is 977. The molecule has 1 aromatic rings. The third-order valence-electron chi connectivity index (χ3n) is 5.27. The molecule has 1 rings (SSSR count). The van der Waals surface area contributed by atoms with E-state index in [0.29, 0.717) is 12.1 Å². The number of aliphatic imine (C=N–C) groups is 1. The van der Waals surface area contributed by atoms with E-state index in [0.717, 1.165) is 0 Å². The molecular formula is C22H38N10O6. The van der Waals surface area contributed by atoms with E-state index in [-0.39, 0.29) is 37.7 Å². The molecule has 4 amide bonds. The molecule has 4 atom stereocenters. The average Bonchev–Trinajstić information content (AvgIpc) is 3.32. The second-order valence-electron chi connectivity index (χ2n) is 9.16. The molecule has 0 radical (unpaired) electrons. The fourth-order valence-electron chi connectivity index (χ4n) is 3.44. The van der Waals surface area contributed by atoms with Gasteiger partial charge in [0.1, 0.15) is 18.1 Å². The maximum atomic E-state index is 13.1. The van der Waals surface area contributed by atoms with Gasteiger partial charge in [0.15, 0.2) is 5.96 Å². The molecule has 0 saturated carbocycles. The number of rotatable bonds is 17. The Balaban J connectivity index is 3.04. The number of carboxylic acids is 1. The first-order valence-electron chi connectivity index (χ1n) is 12.0. The van der Waals surface area contributed by atoms with E-state index in [9.17, 15) is 29.1 Å². The number of nitrogens with two attached hydrogens (primary N) is 4. The van der Waals surface area contributed by atoms with Gasteiger partial charge in [-0.1, -0.05) is 13.8 Å². The molecule has 0 fully saturated rings. The molecule has 0 aliphatic heterocycles. The summed E-state index contributed by atoms with van der Waals surface area (Å²) < 4.78 is 0. The number of aromatic amines is 1. The van der Waals surface area contributed by atoms with E-state index in [1.54, 1.807) is 0 Å². The van der Waals surface area contributed by atoms with Crippen LogP contribution < -0.4 is 38.9 Å². The minimum absolute atomic E-state index is 0.0106. The number of carbonyl (C=O) groups excluding carboxylic acids is 4. The number of primary amides is 1. The molecule has 0 spiro atoms. The van der Waals surface area contributed by atoms with Gasteiger partial charge in [0.05, 0.1) is 18.8 Å². The van der Waals surface area contributed by atoms with Crippen LogP contribution in [0, 0.1) is 5.92 Å². The van der Waals surface area contributed by atoms with Crippen molar-refractivity contribution in [1.82, 2.24) is 25.9 Å². The molecule has 16 heteroatoms. The summed E-state index contributed by atoms with van der Waals surface area (Å²) in [5.41, 5.74) is 22.1. The Morgan fingerprint density at radius 1 is 1.00 bits per heavy atom. The summed E-state index contributed by atoms with van der Waals surface area (Å²) in [6, 6.07) is -4.94. The van der Waals surface area contributed by atoms with Crippen molar-refractivity contribution in [2.45, 2.75) is 70.1 Å². The number of nitrogens with one attached hydrogen (secondary N) is 4. The van der Waals surface area contributed by atoms with Crippen molar-refractivity contribution in [3.05, 3.63) is 18.2 Å². The predicted molar refractivity (Wildman–Crippen MR) is 137 cm³/mol. The summed E-state index contributed by atoms with van der Waals surface area (Å²) in [5.74, 6) is -4.58. The van der Waals surface area contributed by atoms with Crippen molar-refractivity contribution >= 4 is 35.6 Å². The average molecular weight is 539 g/mol. The second kappa shape index (κ2) is 15.8. The molecule has 1 aromatic heterocycles. The van der Waals surface area contributed by atoms with Gasteiger partial charge in [-0.15, -0.1) is 0 Å². The Morgan fingerprint density at radius 2 is 1.61 bits per heavy atom. The van der Waals surface area contributed by atoms with E-state index in [1.807, 2.05) is 13.8 Å². The number of imidazole rings is 1. The fraction of sp³-hybridized carbons (Fsp3) is 0.591. The number of carbonyl (C=O) groups is 5. The number of guanidine groups is 1. The number of aromatic nitrogens is 2. The summed E-state index contributed by atoms with van der Waals surface area (Å²) >= 11 is 0. The first kappa shape index (κ1) is 31.8. The maximum Gasteiger partial charge on any atom is 0.326 e. The monoisotopic (exact) mass is 538 g/mol. The SMILES string of the molecule is CC(C)CC(N)C(=O)NC(CC(N)=O)C(=O)NC(Cc1cnc[nH]1)C(=O)NC(CCCN=C(N)N)C(=O)O. The molecule has 13 N–H and O–H groups in total. The highest BCUT2D eigenvalue weighted by Gasteiger charge is 2.31. The van der Waals surface area contributed by atoms with Crippen LogP contribution >= 0.6 is 0 Å². The molecule has 0 aliphatic rings. The molecular weight excluding hydrogens is 500 g/mol. The topological polar surface area (TPSA) is 287 Å². The van der Waals surface area contributed by atoms with Crippen LogP contribution in [-0.4, -0.2) is 81.3 Å². The third-order valence-corrected chi connectivity index (χ3v) is 5.27. The van der Waals surface area contributed by atoms with Crippen molar-refractivity contribution in [1.29, 1.82) is 0 Å². The van der Waals surface area contributed by atoms with Gasteiger partial charge in [-0.05, 0) is 25.2 Å². The van der Waals surface area contributed by atoms with Gasteiger partial charge in [0.25, 0.3) is 0 Å². The summed E-state index contributed by atoms with van der Waals surface area (Å²) in [4.78, 5) is 72.3. The molecule has 0 aliphatic carbocycles. The van der Waals surface area contributed by atoms with Crippen molar-refractivity contribution in [3.63, 3.8) is 0 Å². The van der Waals surface area contributed by atoms with Crippen molar-refractivity contribution in [2.75, 3.05) is 6.54 Å². The number of aliphatic carboxylic acids is 1. The lowest BCUT2D eigenvalue weighted by atomic mass is 10.0. The van der Waals surface area contributed by atoms with Crippen LogP contribution in [-0.2, 0) is 30.4 Å². The van der Waals surface area contributed by atoms with Crippen LogP contribution in [0.15, 0.2) is 17.5 Å². The molecule has 212 valence electrons. The van der Waals surface area contributed by atoms with Gasteiger partial charge < -0.3 is 49.0 Å². The van der Waals surface area contributed by atoms with Gasteiger partial charge in [-0.2, -0.15) is 0 Å². The largest absolute Gasteiger partial charge is 0.480 e. The van der Waals surface area contributed by atoms with Crippen molar-refractivity contribution < 1.29 is 29.1 Å². The minimum Gasteiger partial charge on any atom is -0.480 e. The van der Waals surface area contributed by atoms with E-state index >= 15 is 0 Å². The van der Waals surface area contributed by atoms with Crippen LogP contribution in [0.4, 0.5) is 0 Å². The molecule has 0 aromatic carbocycles. The summed E-state index contributed by atoms with van der Waals surface area (Å²) in [5, 5.41) is 16.8. The number of H-pyrrole nitrogens is 1. The van der Waals surface area contributed by atoms with Gasteiger partial charge >= 0.3 is 5.97 Å². The van der Waals surface area contributed by atoms with Crippen LogP contribution in [0.2, 0.25) is 0 Å². The first-order chi connectivity index (χ1) is 17.8. The van der Waals surface area contributed by atoms with Gasteiger partial charge in [0, 0.05) is 24.9 Å². The smallest absolute Gasteiger partial charge is 0.326 e. The number of carboxylic acid groups (broad SMARTS) is 1. The Kier molecular flexibility index (Phi) is 13.2. The lowest BCUT2D eigenvalue weighted by Gasteiger charge is -2.25. The molecule has 38 heavy (non-hydrogen) atoms. The Labute approximate surface area is 219 Å². The lowest BCUT2D eigenvalue weighted by molar-refractivity contribution is -0.142. The van der Waals surface area contributed by atoms with Gasteiger partial charge in [0.2, 0.25) is 23.6 Å². The molecule has 16 nitrogen and oxygen atoms in total. The van der Waals surface area contributed by atoms with Crippen LogP contribution in [0.3, 0.4) is 0 Å². The quantitative estimate of drug-likeness (QED) is 0.0543. The van der Waals surface area contributed by atoms with Crippen molar-refractivity contribution in [3.8, 4) is 0 Å². The van der Waals surface area contributed by atoms with Crippen LogP contribution in [0.5, 0.6) is 0 Å². The van der Waals surface area contributed by atoms with Gasteiger partial charge in [-0.3, -0.25) is 24.2 Å². The maximum absolute atomic E-state index is 13.1. The third kappa shape index (κ3) is 12.2. The Hall–Kier alpha value is -4.21. The highest BCUT2D eigenvalue weighted by Crippen LogP contribution is 2.06. The lowest BCUT2D eigenvalue weighted by Crippen LogP contribution is -2.58. The molecule has 0 saturated heterocycles. The second-order valence-corrected chi connectivity index (χ2v) is 9.16. The highest BCUT2D eigenvalue weighted by atomic mass is 16.4. The zero-order chi connectivity index (χ0) is 28.8. The zero-order valence-corrected chi connectivity index (χ0v) is 21.5. The molecule has 0 bridgehead atoms. The summed E-state index contributed by atoms with van der Waals surface area (Å²) in [6.07, 6.45) is 2.75. The summed E-state index contributed by atoms with van der Waals surface area (Å²) in [7, 11) is 0. The number of hydrogen-bond acceptors (Lipinski definition) is 8. The van der Waals surface area contributed by atoms with Gasteiger partial charge in [-0.25, -0.2) is 9.78 Å². The summed E-state index contributed by atoms with van der Waals surface area (Å²) in [6.45, 7) is 3.89. The fourth-order valence-corrected chi connectivity index (χ4v) is 3.44. The first-order valence-corrected chi connectivity index (χ1v) is 12.0. The molecule has 4 unspecified atom stereocenters. The molecule has 1 heterocycles. The Morgan fingerprint density at radius 3 is 2.13 bits per heavy atom. The number of hydrogen-bond donors (Lipinski definition) is 9. The van der Waals surface area contributed by atoms with E-state index in [4.69, 9.17) is 22.9 Å².